The fourth-order valence-corrected chi connectivity index (χ4v) is 3.48. The number of aromatic nitrogens is 3. The van der Waals surface area contributed by atoms with E-state index in [1.54, 1.807) is 37.0 Å². The van der Waals surface area contributed by atoms with Crippen LogP contribution in [0, 0.1) is 5.82 Å². The van der Waals surface area contributed by atoms with E-state index in [1.165, 1.54) is 12.1 Å². The van der Waals surface area contributed by atoms with Gasteiger partial charge in [0.2, 0.25) is 0 Å². The maximum atomic E-state index is 13.6. The van der Waals surface area contributed by atoms with E-state index in [0.29, 0.717) is 23.5 Å². The molecule has 3 heterocycles. The molecule has 0 aliphatic rings. The average Bonchev–Trinajstić information content (AvgIpc) is 3.48. The Morgan fingerprint density at radius 2 is 1.97 bits per heavy atom. The lowest BCUT2D eigenvalue weighted by Crippen LogP contribution is -2.17. The minimum atomic E-state index is -0.313. The molecule has 0 unspecified atom stereocenters. The van der Waals surface area contributed by atoms with Crippen molar-refractivity contribution in [1.82, 2.24) is 14.1 Å². The quantitative estimate of drug-likeness (QED) is 0.458. The molecule has 148 valence electrons. The summed E-state index contributed by atoms with van der Waals surface area (Å²) in [6, 6.07) is 17.3. The summed E-state index contributed by atoms with van der Waals surface area (Å²) in [5.41, 5.74) is 4.18. The van der Waals surface area contributed by atoms with Gasteiger partial charge in [0.1, 0.15) is 11.5 Å². The highest BCUT2D eigenvalue weighted by molar-refractivity contribution is 6.05. The third-order valence-corrected chi connectivity index (χ3v) is 4.91. The Bertz CT molecular complexity index is 1320. The summed E-state index contributed by atoms with van der Waals surface area (Å²) in [7, 11) is 0. The molecular formula is C23H17FN4O2. The Hall–Kier alpha value is -4.13. The number of hydrogen-bond donors (Lipinski definition) is 1. The van der Waals surface area contributed by atoms with Crippen molar-refractivity contribution in [2.75, 3.05) is 5.32 Å². The summed E-state index contributed by atoms with van der Waals surface area (Å²) in [5, 5.41) is 2.92. The van der Waals surface area contributed by atoms with Crippen molar-refractivity contribution in [1.29, 1.82) is 0 Å². The molecule has 5 aromatic rings. The van der Waals surface area contributed by atoms with E-state index in [0.717, 1.165) is 16.8 Å². The summed E-state index contributed by atoms with van der Waals surface area (Å²) < 4.78 is 22.8. The number of amides is 1. The first-order valence-electron chi connectivity index (χ1n) is 9.38. The van der Waals surface area contributed by atoms with Gasteiger partial charge in [-0.15, -0.1) is 0 Å². The highest BCUT2D eigenvalue weighted by atomic mass is 19.1. The molecule has 7 heteroatoms. The second-order valence-electron chi connectivity index (χ2n) is 6.89. The predicted octanol–water partition coefficient (Wildman–Crippen LogP) is 4.86. The van der Waals surface area contributed by atoms with Crippen LogP contribution in [-0.2, 0) is 6.54 Å². The molecule has 6 nitrogen and oxygen atoms in total. The van der Waals surface area contributed by atoms with Crippen LogP contribution in [0.15, 0.2) is 90.1 Å². The van der Waals surface area contributed by atoms with Crippen LogP contribution in [0.25, 0.3) is 16.8 Å². The molecule has 0 aliphatic carbocycles. The molecule has 2 aromatic carbocycles. The maximum Gasteiger partial charge on any atom is 0.272 e. The molecular weight excluding hydrogens is 383 g/mol. The normalized spacial score (nSPS) is 11.1. The smallest absolute Gasteiger partial charge is 0.272 e. The van der Waals surface area contributed by atoms with Crippen LogP contribution in [0.5, 0.6) is 0 Å². The number of rotatable bonds is 5. The van der Waals surface area contributed by atoms with E-state index in [-0.39, 0.29) is 11.7 Å². The third kappa shape index (κ3) is 3.37. The fourth-order valence-electron chi connectivity index (χ4n) is 3.48. The summed E-state index contributed by atoms with van der Waals surface area (Å²) in [6.07, 6.45) is 6.84. The van der Waals surface area contributed by atoms with Gasteiger partial charge in [0.15, 0.2) is 5.58 Å². The molecule has 1 amide bonds. The van der Waals surface area contributed by atoms with Crippen LogP contribution >= 0.6 is 0 Å². The molecule has 1 N–H and O–H groups in total. The van der Waals surface area contributed by atoms with E-state index in [2.05, 4.69) is 10.3 Å². The Morgan fingerprint density at radius 3 is 2.73 bits per heavy atom. The monoisotopic (exact) mass is 400 g/mol. The number of carbonyl (C=O) groups is 1. The van der Waals surface area contributed by atoms with E-state index in [4.69, 9.17) is 4.42 Å². The SMILES string of the molecule is O=C(Nc1ccc(-n2ccnc2)cc1)c1cc2occc2n1Cc1cccc(F)c1. The molecule has 5 rings (SSSR count). The molecule has 0 fully saturated rings. The zero-order valence-corrected chi connectivity index (χ0v) is 15.8. The maximum absolute atomic E-state index is 13.6. The second-order valence-corrected chi connectivity index (χ2v) is 6.89. The minimum Gasteiger partial charge on any atom is -0.463 e. The van der Waals surface area contributed by atoms with Crippen LogP contribution in [0.4, 0.5) is 10.1 Å². The average molecular weight is 400 g/mol. The Kier molecular flexibility index (Phi) is 4.40. The van der Waals surface area contributed by atoms with Crippen LogP contribution in [0.2, 0.25) is 0 Å². The number of fused-ring (bicyclic) bond motifs is 1. The molecule has 0 radical (unpaired) electrons. The third-order valence-electron chi connectivity index (χ3n) is 4.91. The number of hydrogen-bond acceptors (Lipinski definition) is 3. The van der Waals surface area contributed by atoms with Crippen molar-refractivity contribution in [2.45, 2.75) is 6.54 Å². The topological polar surface area (TPSA) is 65.0 Å². The van der Waals surface area contributed by atoms with Crippen LogP contribution in [0.3, 0.4) is 0 Å². The van der Waals surface area contributed by atoms with E-state index in [9.17, 15) is 9.18 Å². The number of nitrogens with zero attached hydrogens (tertiary/aromatic N) is 3. The van der Waals surface area contributed by atoms with Gasteiger partial charge in [-0.25, -0.2) is 9.37 Å². The van der Waals surface area contributed by atoms with Gasteiger partial charge in [0, 0.05) is 42.4 Å². The van der Waals surface area contributed by atoms with Crippen molar-refractivity contribution >= 4 is 22.7 Å². The number of anilines is 1. The number of nitrogens with one attached hydrogen (secondary N) is 1. The number of halogens is 1. The van der Waals surface area contributed by atoms with Crippen LogP contribution < -0.4 is 5.32 Å². The Labute approximate surface area is 171 Å². The second kappa shape index (κ2) is 7.36. The molecule has 0 aliphatic heterocycles. The van der Waals surface area contributed by atoms with Crippen molar-refractivity contribution in [2.24, 2.45) is 0 Å². The molecule has 0 spiro atoms. The van der Waals surface area contributed by atoms with Gasteiger partial charge in [-0.05, 0) is 42.0 Å². The van der Waals surface area contributed by atoms with Gasteiger partial charge in [-0.1, -0.05) is 12.1 Å². The number of benzene rings is 2. The summed E-state index contributed by atoms with van der Waals surface area (Å²) in [4.78, 5) is 17.0. The number of carbonyl (C=O) groups excluding carboxylic acids is 1. The molecule has 0 saturated heterocycles. The lowest BCUT2D eigenvalue weighted by molar-refractivity contribution is 0.101. The van der Waals surface area contributed by atoms with Gasteiger partial charge in [-0.2, -0.15) is 0 Å². The zero-order chi connectivity index (χ0) is 20.5. The standard InChI is InChI=1S/C23H17FN4O2/c24-17-3-1-2-16(12-17)14-28-20-8-11-30-22(20)13-21(28)23(29)26-18-4-6-19(7-5-18)27-10-9-25-15-27/h1-13,15H,14H2,(H,26,29). The summed E-state index contributed by atoms with van der Waals surface area (Å²) in [6.45, 7) is 0.350. The van der Waals surface area contributed by atoms with Crippen LogP contribution in [-0.4, -0.2) is 20.0 Å². The molecule has 30 heavy (non-hydrogen) atoms. The highest BCUT2D eigenvalue weighted by Crippen LogP contribution is 2.24. The molecule has 0 saturated carbocycles. The first-order chi connectivity index (χ1) is 14.7. The summed E-state index contributed by atoms with van der Waals surface area (Å²) >= 11 is 0. The number of furan rings is 1. The van der Waals surface area contributed by atoms with Gasteiger partial charge in [-0.3, -0.25) is 4.79 Å². The number of imidazole rings is 1. The largest absolute Gasteiger partial charge is 0.463 e. The Balaban J connectivity index is 1.42. The predicted molar refractivity (Wildman–Crippen MR) is 111 cm³/mol. The van der Waals surface area contributed by atoms with Crippen molar-refractivity contribution in [3.8, 4) is 5.69 Å². The van der Waals surface area contributed by atoms with Crippen molar-refractivity contribution in [3.05, 3.63) is 103 Å². The van der Waals surface area contributed by atoms with Gasteiger partial charge < -0.3 is 18.9 Å². The highest BCUT2D eigenvalue weighted by Gasteiger charge is 2.18. The van der Waals surface area contributed by atoms with Gasteiger partial charge in [0.25, 0.3) is 5.91 Å². The molecule has 0 atom stereocenters. The summed E-state index contributed by atoms with van der Waals surface area (Å²) in [5.74, 6) is -0.583. The zero-order valence-electron chi connectivity index (χ0n) is 15.8. The van der Waals surface area contributed by atoms with Crippen molar-refractivity contribution in [3.63, 3.8) is 0 Å². The first kappa shape index (κ1) is 17.9. The Morgan fingerprint density at radius 1 is 1.10 bits per heavy atom. The fraction of sp³-hybridized carbons (Fsp3) is 0.0435. The van der Waals surface area contributed by atoms with Gasteiger partial charge in [0.05, 0.1) is 18.1 Å². The molecule has 3 aromatic heterocycles. The van der Waals surface area contributed by atoms with E-state index in [1.807, 2.05) is 45.7 Å². The van der Waals surface area contributed by atoms with E-state index >= 15 is 0 Å². The van der Waals surface area contributed by atoms with Crippen molar-refractivity contribution < 1.29 is 13.6 Å². The minimum absolute atomic E-state index is 0.270. The lowest BCUT2D eigenvalue weighted by atomic mass is 10.2. The van der Waals surface area contributed by atoms with Crippen LogP contribution in [0.1, 0.15) is 16.1 Å². The molecule has 0 bridgehead atoms. The van der Waals surface area contributed by atoms with E-state index < -0.39 is 0 Å². The first-order valence-corrected chi connectivity index (χ1v) is 9.38. The lowest BCUT2D eigenvalue weighted by Gasteiger charge is -2.11. The van der Waals surface area contributed by atoms with Gasteiger partial charge >= 0.3 is 0 Å².